The van der Waals surface area contributed by atoms with Gasteiger partial charge in [0.2, 0.25) is 0 Å². The molecule has 4 heteroatoms. The molecule has 1 unspecified atom stereocenters. The second kappa shape index (κ2) is 11.6. The lowest BCUT2D eigenvalue weighted by atomic mass is 10.0. The Hall–Kier alpha value is -2.88. The zero-order valence-corrected chi connectivity index (χ0v) is 16.0. The maximum absolute atomic E-state index is 11.8. The highest BCUT2D eigenvalue weighted by Gasteiger charge is 2.19. The van der Waals surface area contributed by atoms with E-state index in [1.54, 1.807) is 45.1 Å². The molecule has 1 atom stereocenters. The monoisotopic (exact) mass is 355 g/mol. The third kappa shape index (κ3) is 9.42. The van der Waals surface area contributed by atoms with Crippen molar-refractivity contribution in [2.45, 2.75) is 38.8 Å². The van der Waals surface area contributed by atoms with E-state index in [9.17, 15) is 9.59 Å². The first-order valence-electron chi connectivity index (χ1n) is 8.26. The number of ether oxygens (including phenoxy) is 1. The van der Waals surface area contributed by atoms with Crippen LogP contribution in [-0.2, 0) is 9.53 Å². The standard InChI is InChI=1S/C22H29NO3/c1-8-12-18(10-3)19(11-4)14-13-17(9-2)15-20(16-24)23-21(25)26-22(5,6)7/h8-14,16,20H,1-4,15H2,5-7H3,(H,23,25)/b17-13+,18-12+,19-14+. The quantitative estimate of drug-likeness (QED) is 0.443. The molecule has 0 saturated heterocycles. The summed E-state index contributed by atoms with van der Waals surface area (Å²) in [6, 6.07) is -0.711. The highest BCUT2D eigenvalue weighted by Crippen LogP contribution is 2.15. The maximum atomic E-state index is 11.8. The summed E-state index contributed by atoms with van der Waals surface area (Å²) < 4.78 is 5.17. The molecule has 0 spiro atoms. The van der Waals surface area contributed by atoms with Gasteiger partial charge in [-0.1, -0.05) is 68.8 Å². The summed E-state index contributed by atoms with van der Waals surface area (Å²) in [4.78, 5) is 23.1. The predicted octanol–water partition coefficient (Wildman–Crippen LogP) is 4.99. The van der Waals surface area contributed by atoms with Crippen LogP contribution in [0.15, 0.2) is 85.6 Å². The smallest absolute Gasteiger partial charge is 0.408 e. The number of allylic oxidation sites excluding steroid dienone is 9. The highest BCUT2D eigenvalue weighted by molar-refractivity contribution is 5.73. The third-order valence-corrected chi connectivity index (χ3v) is 3.13. The molecule has 0 radical (unpaired) electrons. The fraction of sp³-hybridized carbons (Fsp3) is 0.273. The summed E-state index contributed by atoms with van der Waals surface area (Å²) in [6.45, 7) is 20.3. The molecule has 0 aromatic rings. The third-order valence-electron chi connectivity index (χ3n) is 3.13. The molecule has 4 nitrogen and oxygen atoms in total. The Morgan fingerprint density at radius 3 is 2.00 bits per heavy atom. The summed E-state index contributed by atoms with van der Waals surface area (Å²) in [5, 5.41) is 2.54. The van der Waals surface area contributed by atoms with Crippen molar-refractivity contribution in [3.63, 3.8) is 0 Å². The Kier molecular flexibility index (Phi) is 10.3. The number of hydrogen-bond acceptors (Lipinski definition) is 3. The van der Waals surface area contributed by atoms with Gasteiger partial charge in [-0.05, 0) is 43.9 Å². The average molecular weight is 355 g/mol. The lowest BCUT2D eigenvalue weighted by molar-refractivity contribution is -0.109. The Morgan fingerprint density at radius 1 is 1.00 bits per heavy atom. The number of carbonyl (C=O) groups excluding carboxylic acids is 2. The van der Waals surface area contributed by atoms with Crippen molar-refractivity contribution in [3.05, 3.63) is 85.6 Å². The summed E-state index contributed by atoms with van der Waals surface area (Å²) in [5.41, 5.74) is 1.87. The van der Waals surface area contributed by atoms with Crippen molar-refractivity contribution in [2.24, 2.45) is 0 Å². The van der Waals surface area contributed by atoms with Gasteiger partial charge in [0.1, 0.15) is 11.9 Å². The maximum Gasteiger partial charge on any atom is 0.408 e. The van der Waals surface area contributed by atoms with E-state index in [0.717, 1.165) is 16.7 Å². The Bertz CT molecular complexity index is 643. The molecule has 0 rings (SSSR count). The number of amides is 1. The molecular formula is C22H29NO3. The molecular weight excluding hydrogens is 326 g/mol. The molecule has 0 aliphatic rings. The van der Waals surface area contributed by atoms with Gasteiger partial charge in [-0.25, -0.2) is 4.79 Å². The normalized spacial score (nSPS) is 14.0. The van der Waals surface area contributed by atoms with Gasteiger partial charge < -0.3 is 14.8 Å². The second-order valence-electron chi connectivity index (χ2n) is 6.43. The van der Waals surface area contributed by atoms with Crippen LogP contribution < -0.4 is 5.32 Å². The molecule has 26 heavy (non-hydrogen) atoms. The Balaban J connectivity index is 5.28. The fourth-order valence-corrected chi connectivity index (χ4v) is 1.95. The summed E-state index contributed by atoms with van der Waals surface area (Å²) in [5.74, 6) is 0. The first-order valence-corrected chi connectivity index (χ1v) is 8.26. The number of carbonyl (C=O) groups is 2. The highest BCUT2D eigenvalue weighted by atomic mass is 16.6. The SMILES string of the molecule is C=C/C=C(C=C)/C(C=C)=C/C=C(\C=C)CC(C=O)NC(=O)OC(C)(C)C. The number of nitrogens with one attached hydrogen (secondary N) is 1. The first kappa shape index (κ1) is 23.1. The molecule has 0 fully saturated rings. The molecule has 1 N–H and O–H groups in total. The lowest BCUT2D eigenvalue weighted by Gasteiger charge is -2.21. The number of rotatable bonds is 10. The predicted molar refractivity (Wildman–Crippen MR) is 109 cm³/mol. The molecule has 140 valence electrons. The van der Waals surface area contributed by atoms with E-state index in [1.165, 1.54) is 0 Å². The van der Waals surface area contributed by atoms with Crippen LogP contribution in [0.5, 0.6) is 0 Å². The minimum absolute atomic E-state index is 0.293. The Labute approximate surface area is 157 Å². The van der Waals surface area contributed by atoms with Crippen LogP contribution in [0.1, 0.15) is 27.2 Å². The van der Waals surface area contributed by atoms with E-state index in [2.05, 4.69) is 31.6 Å². The van der Waals surface area contributed by atoms with Gasteiger partial charge in [-0.15, -0.1) is 0 Å². The van der Waals surface area contributed by atoms with E-state index in [1.807, 2.05) is 18.2 Å². The zero-order chi connectivity index (χ0) is 20.2. The summed E-state index contributed by atoms with van der Waals surface area (Å²) in [6.07, 6.45) is 12.5. The van der Waals surface area contributed by atoms with Crippen LogP contribution in [0, 0.1) is 0 Å². The molecule has 0 aliphatic heterocycles. The topological polar surface area (TPSA) is 55.4 Å². The second-order valence-corrected chi connectivity index (χ2v) is 6.43. The van der Waals surface area contributed by atoms with Gasteiger partial charge >= 0.3 is 6.09 Å². The number of hydrogen-bond donors (Lipinski definition) is 1. The Morgan fingerprint density at radius 2 is 1.58 bits per heavy atom. The minimum atomic E-state index is -0.711. The van der Waals surface area contributed by atoms with E-state index in [4.69, 9.17) is 4.74 Å². The summed E-state index contributed by atoms with van der Waals surface area (Å²) in [7, 11) is 0. The molecule has 0 bridgehead atoms. The minimum Gasteiger partial charge on any atom is -0.444 e. The number of alkyl carbamates (subject to hydrolysis) is 1. The van der Waals surface area contributed by atoms with Crippen molar-refractivity contribution in [1.29, 1.82) is 0 Å². The van der Waals surface area contributed by atoms with Crippen LogP contribution in [0.3, 0.4) is 0 Å². The molecule has 0 aromatic heterocycles. The molecule has 0 aliphatic carbocycles. The fourth-order valence-electron chi connectivity index (χ4n) is 1.95. The van der Waals surface area contributed by atoms with Crippen LogP contribution in [-0.4, -0.2) is 24.0 Å². The molecule has 1 amide bonds. The van der Waals surface area contributed by atoms with Crippen LogP contribution in [0.25, 0.3) is 0 Å². The van der Waals surface area contributed by atoms with Gasteiger partial charge in [0, 0.05) is 0 Å². The van der Waals surface area contributed by atoms with Crippen LogP contribution >= 0.6 is 0 Å². The van der Waals surface area contributed by atoms with E-state index in [0.29, 0.717) is 12.7 Å². The van der Waals surface area contributed by atoms with Gasteiger partial charge in [0.05, 0.1) is 6.04 Å². The van der Waals surface area contributed by atoms with Gasteiger partial charge in [0.15, 0.2) is 0 Å². The van der Waals surface area contributed by atoms with Crippen molar-refractivity contribution in [2.75, 3.05) is 0 Å². The number of aldehydes is 1. The van der Waals surface area contributed by atoms with Crippen molar-refractivity contribution in [1.82, 2.24) is 5.32 Å². The summed E-state index contributed by atoms with van der Waals surface area (Å²) >= 11 is 0. The van der Waals surface area contributed by atoms with Gasteiger partial charge in [-0.2, -0.15) is 0 Å². The van der Waals surface area contributed by atoms with Crippen LogP contribution in [0.4, 0.5) is 4.79 Å². The first-order chi connectivity index (χ1) is 12.2. The van der Waals surface area contributed by atoms with E-state index >= 15 is 0 Å². The molecule has 0 saturated carbocycles. The lowest BCUT2D eigenvalue weighted by Crippen LogP contribution is -2.40. The van der Waals surface area contributed by atoms with Gasteiger partial charge in [0.25, 0.3) is 0 Å². The van der Waals surface area contributed by atoms with Crippen LogP contribution in [0.2, 0.25) is 0 Å². The van der Waals surface area contributed by atoms with Gasteiger partial charge in [-0.3, -0.25) is 0 Å². The molecule has 0 heterocycles. The van der Waals surface area contributed by atoms with E-state index < -0.39 is 17.7 Å². The van der Waals surface area contributed by atoms with Crippen molar-refractivity contribution >= 4 is 12.4 Å². The largest absolute Gasteiger partial charge is 0.444 e. The van der Waals surface area contributed by atoms with E-state index in [-0.39, 0.29) is 0 Å². The van der Waals surface area contributed by atoms with Crippen molar-refractivity contribution < 1.29 is 14.3 Å². The average Bonchev–Trinajstić information content (AvgIpc) is 2.57. The van der Waals surface area contributed by atoms with Crippen molar-refractivity contribution in [3.8, 4) is 0 Å². The molecule has 0 aromatic carbocycles. The zero-order valence-electron chi connectivity index (χ0n) is 16.0.